The molecule has 2 heterocycles. The lowest BCUT2D eigenvalue weighted by Gasteiger charge is -2.34. The molecule has 27 heavy (non-hydrogen) atoms. The summed E-state index contributed by atoms with van der Waals surface area (Å²) in [4.78, 5) is 9.00. The molecule has 3 rings (SSSR count). The van der Waals surface area contributed by atoms with Gasteiger partial charge in [-0.15, -0.1) is 0 Å². The number of morpholine rings is 1. The number of ether oxygens (including phenoxy) is 1. The van der Waals surface area contributed by atoms with Crippen molar-refractivity contribution >= 4 is 11.6 Å². The number of hydrogen-bond acceptors (Lipinski definition) is 4. The third kappa shape index (κ3) is 5.23. The minimum absolute atomic E-state index is 0.0372. The van der Waals surface area contributed by atoms with Crippen LogP contribution < -0.4 is 10.2 Å². The van der Waals surface area contributed by atoms with Crippen LogP contribution in [0.5, 0.6) is 0 Å². The lowest BCUT2D eigenvalue weighted by atomic mass is 10.1. The van der Waals surface area contributed by atoms with Crippen molar-refractivity contribution in [3.63, 3.8) is 0 Å². The van der Waals surface area contributed by atoms with Gasteiger partial charge in [0, 0.05) is 58.2 Å². The van der Waals surface area contributed by atoms with Crippen LogP contribution in [0.4, 0.5) is 5.69 Å². The average molecular weight is 371 g/mol. The second-order valence-electron chi connectivity index (χ2n) is 6.84. The molecule has 0 bridgehead atoms. The maximum absolute atomic E-state index is 5.92. The second kappa shape index (κ2) is 9.41. The van der Waals surface area contributed by atoms with Crippen molar-refractivity contribution in [2.45, 2.75) is 12.5 Å². The number of aryl methyl sites for hydroxylation is 1. The molecule has 7 nitrogen and oxygen atoms in total. The zero-order valence-corrected chi connectivity index (χ0v) is 16.5. The van der Waals surface area contributed by atoms with Crippen LogP contribution in [-0.2, 0) is 11.8 Å². The number of anilines is 1. The van der Waals surface area contributed by atoms with Crippen LogP contribution in [-0.4, -0.2) is 67.5 Å². The SMILES string of the molecule is CN=C(NCCCN(C)c1ccccc1)N1CCOC(c2cnn(C)c2)C1. The summed E-state index contributed by atoms with van der Waals surface area (Å²) in [5, 5.41) is 7.75. The third-order valence-electron chi connectivity index (χ3n) is 4.82. The lowest BCUT2D eigenvalue weighted by Crippen LogP contribution is -2.48. The third-order valence-corrected chi connectivity index (χ3v) is 4.82. The smallest absolute Gasteiger partial charge is 0.193 e. The van der Waals surface area contributed by atoms with Gasteiger partial charge in [-0.1, -0.05) is 18.2 Å². The molecule has 7 heteroatoms. The van der Waals surface area contributed by atoms with E-state index in [4.69, 9.17) is 4.74 Å². The van der Waals surface area contributed by atoms with E-state index in [0.717, 1.165) is 44.1 Å². The number of nitrogens with one attached hydrogen (secondary N) is 1. The summed E-state index contributed by atoms with van der Waals surface area (Å²) in [5.41, 5.74) is 2.36. The molecule has 0 aliphatic carbocycles. The summed E-state index contributed by atoms with van der Waals surface area (Å²) in [6.45, 7) is 4.21. The molecule has 2 aromatic rings. The van der Waals surface area contributed by atoms with E-state index in [-0.39, 0.29) is 6.10 Å². The maximum atomic E-state index is 5.92. The molecule has 1 aliphatic heterocycles. The van der Waals surface area contributed by atoms with Crippen LogP contribution in [0.15, 0.2) is 47.7 Å². The number of rotatable bonds is 6. The Balaban J connectivity index is 1.46. The first-order valence-electron chi connectivity index (χ1n) is 9.49. The first-order valence-corrected chi connectivity index (χ1v) is 9.49. The predicted molar refractivity (Wildman–Crippen MR) is 109 cm³/mol. The first-order chi connectivity index (χ1) is 13.2. The summed E-state index contributed by atoms with van der Waals surface area (Å²) in [5.74, 6) is 0.939. The molecule has 0 radical (unpaired) electrons. The van der Waals surface area contributed by atoms with Crippen molar-refractivity contribution in [1.82, 2.24) is 20.0 Å². The summed E-state index contributed by atoms with van der Waals surface area (Å²) in [6, 6.07) is 10.5. The van der Waals surface area contributed by atoms with Crippen LogP contribution in [0.2, 0.25) is 0 Å². The highest BCUT2D eigenvalue weighted by atomic mass is 16.5. The van der Waals surface area contributed by atoms with Crippen molar-refractivity contribution < 1.29 is 4.74 Å². The van der Waals surface area contributed by atoms with Gasteiger partial charge >= 0.3 is 0 Å². The van der Waals surface area contributed by atoms with Crippen LogP contribution in [0, 0.1) is 0 Å². The number of benzene rings is 1. The van der Waals surface area contributed by atoms with Gasteiger partial charge in [0.05, 0.1) is 19.3 Å². The Hall–Kier alpha value is -2.54. The molecule has 1 atom stereocenters. The highest BCUT2D eigenvalue weighted by Crippen LogP contribution is 2.21. The van der Waals surface area contributed by atoms with E-state index < -0.39 is 0 Å². The zero-order chi connectivity index (χ0) is 19.1. The normalized spacial score (nSPS) is 17.8. The molecule has 1 N–H and O–H groups in total. The molecule has 0 spiro atoms. The number of guanidine groups is 1. The van der Waals surface area contributed by atoms with Crippen molar-refractivity contribution in [2.24, 2.45) is 12.0 Å². The number of aliphatic imine (C=N–C) groups is 1. The van der Waals surface area contributed by atoms with Crippen molar-refractivity contribution in [3.8, 4) is 0 Å². The van der Waals surface area contributed by atoms with Crippen LogP contribution in [0.1, 0.15) is 18.1 Å². The van der Waals surface area contributed by atoms with E-state index in [2.05, 4.69) is 56.5 Å². The number of nitrogens with zero attached hydrogens (tertiary/aromatic N) is 5. The van der Waals surface area contributed by atoms with Gasteiger partial charge in [-0.3, -0.25) is 9.67 Å². The maximum Gasteiger partial charge on any atom is 0.193 e. The Morgan fingerprint density at radius 2 is 2.19 bits per heavy atom. The molecule has 0 amide bonds. The predicted octanol–water partition coefficient (Wildman–Crippen LogP) is 1.90. The van der Waals surface area contributed by atoms with Gasteiger partial charge in [0.25, 0.3) is 0 Å². The van der Waals surface area contributed by atoms with Crippen LogP contribution in [0.25, 0.3) is 0 Å². The molecular weight excluding hydrogens is 340 g/mol. The molecule has 1 saturated heterocycles. The fourth-order valence-corrected chi connectivity index (χ4v) is 3.31. The van der Waals surface area contributed by atoms with Gasteiger partial charge in [-0.2, -0.15) is 5.10 Å². The van der Waals surface area contributed by atoms with Gasteiger partial charge in [-0.25, -0.2) is 0 Å². The molecule has 1 aliphatic rings. The monoisotopic (exact) mass is 370 g/mol. The standard InChI is InChI=1S/C20H30N6O/c1-21-20(22-10-7-11-24(2)18-8-5-4-6-9-18)26-12-13-27-19(16-26)17-14-23-25(3)15-17/h4-6,8-9,14-15,19H,7,10-13,16H2,1-3H3,(H,21,22). The highest BCUT2D eigenvalue weighted by Gasteiger charge is 2.24. The largest absolute Gasteiger partial charge is 0.375 e. The minimum atomic E-state index is 0.0372. The van der Waals surface area contributed by atoms with Crippen molar-refractivity contribution in [2.75, 3.05) is 51.8 Å². The quantitative estimate of drug-likeness (QED) is 0.478. The molecule has 146 valence electrons. The highest BCUT2D eigenvalue weighted by molar-refractivity contribution is 5.80. The molecule has 1 fully saturated rings. The van der Waals surface area contributed by atoms with Gasteiger partial charge in [0.2, 0.25) is 0 Å². The molecule has 1 aromatic heterocycles. The van der Waals surface area contributed by atoms with Gasteiger partial charge in [0.1, 0.15) is 6.10 Å². The number of aromatic nitrogens is 2. The first kappa shape index (κ1) is 19.2. The van der Waals surface area contributed by atoms with E-state index in [0.29, 0.717) is 6.61 Å². The number of hydrogen-bond donors (Lipinski definition) is 1. The lowest BCUT2D eigenvalue weighted by molar-refractivity contribution is -0.00801. The van der Waals surface area contributed by atoms with Gasteiger partial charge in [0.15, 0.2) is 5.96 Å². The van der Waals surface area contributed by atoms with E-state index in [1.165, 1.54) is 5.69 Å². The Morgan fingerprint density at radius 1 is 1.37 bits per heavy atom. The summed E-state index contributed by atoms with van der Waals surface area (Å²) in [7, 11) is 5.90. The number of para-hydroxylation sites is 1. The molecule has 1 aromatic carbocycles. The summed E-state index contributed by atoms with van der Waals surface area (Å²) >= 11 is 0. The van der Waals surface area contributed by atoms with E-state index in [9.17, 15) is 0 Å². The van der Waals surface area contributed by atoms with Gasteiger partial charge in [-0.05, 0) is 18.6 Å². The zero-order valence-electron chi connectivity index (χ0n) is 16.5. The second-order valence-corrected chi connectivity index (χ2v) is 6.84. The molecular formula is C20H30N6O. The van der Waals surface area contributed by atoms with Crippen LogP contribution >= 0.6 is 0 Å². The average Bonchev–Trinajstić information content (AvgIpc) is 3.15. The van der Waals surface area contributed by atoms with Crippen molar-refractivity contribution in [1.29, 1.82) is 0 Å². The Labute approximate surface area is 161 Å². The Kier molecular flexibility index (Phi) is 6.70. The molecule has 0 saturated carbocycles. The fraction of sp³-hybridized carbons (Fsp3) is 0.500. The van der Waals surface area contributed by atoms with E-state index in [1.54, 1.807) is 0 Å². The van der Waals surface area contributed by atoms with Gasteiger partial charge < -0.3 is 19.9 Å². The van der Waals surface area contributed by atoms with Crippen LogP contribution in [0.3, 0.4) is 0 Å². The van der Waals surface area contributed by atoms with Crippen molar-refractivity contribution in [3.05, 3.63) is 48.3 Å². The summed E-state index contributed by atoms with van der Waals surface area (Å²) in [6.07, 6.45) is 4.98. The molecule has 1 unspecified atom stereocenters. The Bertz CT molecular complexity index is 729. The minimum Gasteiger partial charge on any atom is -0.375 e. The topological polar surface area (TPSA) is 57.9 Å². The van der Waals surface area contributed by atoms with E-state index >= 15 is 0 Å². The van der Waals surface area contributed by atoms with E-state index in [1.807, 2.05) is 37.2 Å². The summed E-state index contributed by atoms with van der Waals surface area (Å²) < 4.78 is 7.74. The fourth-order valence-electron chi connectivity index (χ4n) is 3.31. The Morgan fingerprint density at radius 3 is 2.89 bits per heavy atom.